The highest BCUT2D eigenvalue weighted by molar-refractivity contribution is 9.10. The molecule has 2 atom stereocenters. The van der Waals surface area contributed by atoms with Gasteiger partial charge in [0, 0.05) is 11.7 Å². The molecule has 0 bridgehead atoms. The maximum absolute atomic E-state index is 14.0. The first-order chi connectivity index (χ1) is 9.81. The number of hydrogen-bond acceptors (Lipinski definition) is 4. The quantitative estimate of drug-likeness (QED) is 0.553. The average molecular weight is 381 g/mol. The van der Waals surface area contributed by atoms with Crippen LogP contribution in [0.4, 0.5) is 10.1 Å². The lowest BCUT2D eigenvalue weighted by Crippen LogP contribution is -2.42. The van der Waals surface area contributed by atoms with Crippen molar-refractivity contribution in [3.63, 3.8) is 0 Å². The van der Waals surface area contributed by atoms with Gasteiger partial charge < -0.3 is 10.8 Å². The van der Waals surface area contributed by atoms with Crippen LogP contribution in [0.15, 0.2) is 21.5 Å². The van der Waals surface area contributed by atoms with Crippen molar-refractivity contribution in [2.75, 3.05) is 5.73 Å². The Morgan fingerprint density at radius 2 is 1.95 bits per heavy atom. The fourth-order valence-corrected chi connectivity index (χ4v) is 4.51. The van der Waals surface area contributed by atoms with E-state index in [1.54, 1.807) is 0 Å². The van der Waals surface area contributed by atoms with Crippen molar-refractivity contribution in [2.45, 2.75) is 49.1 Å². The van der Waals surface area contributed by atoms with Crippen LogP contribution in [-0.2, 0) is 10.0 Å². The zero-order chi connectivity index (χ0) is 15.6. The molecule has 2 unspecified atom stereocenters. The largest absolute Gasteiger partial charge is 0.399 e. The van der Waals surface area contributed by atoms with Crippen molar-refractivity contribution in [3.8, 4) is 0 Å². The normalized spacial score (nSPS) is 23.8. The van der Waals surface area contributed by atoms with Gasteiger partial charge in [-0.2, -0.15) is 0 Å². The highest BCUT2D eigenvalue weighted by Gasteiger charge is 2.29. The Morgan fingerprint density at radius 3 is 2.67 bits per heavy atom. The minimum atomic E-state index is -4.08. The molecule has 1 aromatic carbocycles. The molecule has 0 spiro atoms. The summed E-state index contributed by atoms with van der Waals surface area (Å²) in [6, 6.07) is 1.78. The van der Waals surface area contributed by atoms with E-state index in [0.717, 1.165) is 25.3 Å². The first-order valence-electron chi connectivity index (χ1n) is 6.76. The Labute approximate surface area is 131 Å². The van der Waals surface area contributed by atoms with E-state index in [9.17, 15) is 17.9 Å². The molecule has 1 aliphatic carbocycles. The highest BCUT2D eigenvalue weighted by Crippen LogP contribution is 2.27. The van der Waals surface area contributed by atoms with E-state index < -0.39 is 32.9 Å². The van der Waals surface area contributed by atoms with E-state index >= 15 is 0 Å². The molecule has 0 aliphatic heterocycles. The van der Waals surface area contributed by atoms with Crippen molar-refractivity contribution >= 4 is 31.6 Å². The number of halogens is 2. The van der Waals surface area contributed by atoms with Crippen LogP contribution in [0.2, 0.25) is 0 Å². The predicted molar refractivity (Wildman–Crippen MR) is 81.7 cm³/mol. The van der Waals surface area contributed by atoms with Gasteiger partial charge in [-0.3, -0.25) is 0 Å². The van der Waals surface area contributed by atoms with Gasteiger partial charge in [0.05, 0.1) is 10.6 Å². The monoisotopic (exact) mass is 380 g/mol. The van der Waals surface area contributed by atoms with E-state index in [1.807, 2.05) is 0 Å². The van der Waals surface area contributed by atoms with Crippen LogP contribution in [-0.4, -0.2) is 25.7 Å². The lowest BCUT2D eigenvalue weighted by molar-refractivity contribution is 0.130. The summed E-state index contributed by atoms with van der Waals surface area (Å²) in [7, 11) is -4.08. The summed E-state index contributed by atoms with van der Waals surface area (Å²) in [5, 5.41) is 9.98. The van der Waals surface area contributed by atoms with Crippen molar-refractivity contribution < 1.29 is 17.9 Å². The van der Waals surface area contributed by atoms with Gasteiger partial charge in [0.25, 0.3) is 0 Å². The minimum absolute atomic E-state index is 0.00992. The molecule has 21 heavy (non-hydrogen) atoms. The molecule has 5 nitrogen and oxygen atoms in total. The van der Waals surface area contributed by atoms with E-state index in [2.05, 4.69) is 20.7 Å². The Bertz CT molecular complexity index is 624. The van der Waals surface area contributed by atoms with Gasteiger partial charge in [-0.05, 0) is 40.9 Å². The number of nitrogens with one attached hydrogen (secondary N) is 1. The lowest BCUT2D eigenvalue weighted by atomic mass is 10.1. The molecule has 118 valence electrons. The molecule has 1 aliphatic rings. The number of hydrogen-bond donors (Lipinski definition) is 3. The molecule has 2 rings (SSSR count). The fraction of sp³-hybridized carbons (Fsp3) is 0.538. The second kappa shape index (κ2) is 6.60. The van der Waals surface area contributed by atoms with E-state index in [0.29, 0.717) is 12.8 Å². The van der Waals surface area contributed by atoms with Gasteiger partial charge in [0.1, 0.15) is 4.90 Å². The molecule has 1 aromatic rings. The van der Waals surface area contributed by atoms with Gasteiger partial charge in [-0.15, -0.1) is 0 Å². The predicted octanol–water partition coefficient (Wildman–Crippen LogP) is 2.14. The smallest absolute Gasteiger partial charge is 0.243 e. The molecule has 0 radical (unpaired) electrons. The van der Waals surface area contributed by atoms with Gasteiger partial charge in [0.2, 0.25) is 10.0 Å². The summed E-state index contributed by atoms with van der Waals surface area (Å²) in [4.78, 5) is -0.508. The number of rotatable bonds is 3. The van der Waals surface area contributed by atoms with Crippen LogP contribution >= 0.6 is 15.9 Å². The fourth-order valence-electron chi connectivity index (χ4n) is 2.47. The second-order valence-corrected chi connectivity index (χ2v) is 7.78. The Kier molecular flexibility index (Phi) is 5.24. The molecule has 4 N–H and O–H groups in total. The Hall–Kier alpha value is -0.700. The topological polar surface area (TPSA) is 92.4 Å². The molecule has 1 saturated carbocycles. The van der Waals surface area contributed by atoms with E-state index in [4.69, 9.17) is 5.73 Å². The zero-order valence-corrected chi connectivity index (χ0v) is 13.8. The maximum Gasteiger partial charge on any atom is 0.243 e. The van der Waals surface area contributed by atoms with Gasteiger partial charge in [-0.25, -0.2) is 17.5 Å². The van der Waals surface area contributed by atoms with Crippen LogP contribution in [0.25, 0.3) is 0 Å². The molecule has 0 amide bonds. The molecule has 0 heterocycles. The first-order valence-corrected chi connectivity index (χ1v) is 9.04. The minimum Gasteiger partial charge on any atom is -0.399 e. The number of aliphatic hydroxyl groups is 1. The Morgan fingerprint density at radius 1 is 1.29 bits per heavy atom. The summed E-state index contributed by atoms with van der Waals surface area (Å²) >= 11 is 2.94. The van der Waals surface area contributed by atoms with Crippen molar-refractivity contribution in [1.82, 2.24) is 4.72 Å². The zero-order valence-electron chi connectivity index (χ0n) is 11.4. The molecule has 8 heteroatoms. The van der Waals surface area contributed by atoms with Crippen molar-refractivity contribution in [3.05, 3.63) is 22.4 Å². The third-order valence-corrected chi connectivity index (χ3v) is 5.66. The van der Waals surface area contributed by atoms with E-state index in [1.165, 1.54) is 6.07 Å². The molecule has 0 saturated heterocycles. The average Bonchev–Trinajstić information content (AvgIpc) is 2.59. The number of anilines is 1. The van der Waals surface area contributed by atoms with Crippen LogP contribution in [0.3, 0.4) is 0 Å². The molecule has 0 aromatic heterocycles. The summed E-state index contributed by atoms with van der Waals surface area (Å²) in [5.41, 5.74) is 5.72. The molecular weight excluding hydrogens is 363 g/mol. The van der Waals surface area contributed by atoms with Gasteiger partial charge in [-0.1, -0.05) is 19.3 Å². The number of nitrogens with two attached hydrogens (primary N) is 1. The standard InChI is InChI=1S/C13H18BrFN2O3S/c14-9-6-8(16)7-12(13(9)15)21(19,20)17-10-4-2-1-3-5-11(10)18/h6-7,10-11,17-18H,1-5,16H2. The summed E-state index contributed by atoms with van der Waals surface area (Å²) in [6.45, 7) is 0. The van der Waals surface area contributed by atoms with Crippen LogP contribution in [0.1, 0.15) is 32.1 Å². The number of aliphatic hydroxyl groups excluding tert-OH is 1. The van der Waals surface area contributed by atoms with Crippen LogP contribution < -0.4 is 10.5 Å². The van der Waals surface area contributed by atoms with Gasteiger partial charge in [0.15, 0.2) is 5.82 Å². The van der Waals surface area contributed by atoms with E-state index in [-0.39, 0.29) is 10.2 Å². The summed E-state index contributed by atoms with van der Waals surface area (Å²) in [6.07, 6.45) is 2.95. The molecule has 1 fully saturated rings. The second-order valence-electron chi connectivity index (χ2n) is 5.25. The van der Waals surface area contributed by atoms with Crippen LogP contribution in [0.5, 0.6) is 0 Å². The lowest BCUT2D eigenvalue weighted by Gasteiger charge is -2.22. The number of nitrogen functional groups attached to an aromatic ring is 1. The third kappa shape index (κ3) is 3.94. The highest BCUT2D eigenvalue weighted by atomic mass is 79.9. The number of benzene rings is 1. The van der Waals surface area contributed by atoms with Crippen LogP contribution in [0, 0.1) is 5.82 Å². The first kappa shape index (κ1) is 16.7. The SMILES string of the molecule is Nc1cc(Br)c(F)c(S(=O)(=O)NC2CCCCCC2O)c1. The van der Waals surface area contributed by atoms with Crippen molar-refractivity contribution in [1.29, 1.82) is 0 Å². The van der Waals surface area contributed by atoms with Crippen molar-refractivity contribution in [2.24, 2.45) is 0 Å². The molecular formula is C13H18BrFN2O3S. The third-order valence-electron chi connectivity index (χ3n) is 3.59. The maximum atomic E-state index is 14.0. The van der Waals surface area contributed by atoms with Gasteiger partial charge >= 0.3 is 0 Å². The summed E-state index contributed by atoms with van der Waals surface area (Å²) in [5.74, 6) is -0.889. The Balaban J connectivity index is 2.30. The number of sulfonamides is 1. The summed E-state index contributed by atoms with van der Waals surface area (Å²) < 4.78 is 41.1.